The van der Waals surface area contributed by atoms with E-state index >= 15 is 0 Å². The number of aromatic nitrogens is 3. The summed E-state index contributed by atoms with van der Waals surface area (Å²) in [6.07, 6.45) is 3.92. The molecule has 1 saturated carbocycles. The number of H-pyrrole nitrogens is 1. The van der Waals surface area contributed by atoms with Crippen LogP contribution in [-0.4, -0.2) is 43.2 Å². The van der Waals surface area contributed by atoms with Crippen LogP contribution in [0.1, 0.15) is 32.1 Å². The van der Waals surface area contributed by atoms with Crippen LogP contribution in [-0.2, 0) is 16.1 Å². The van der Waals surface area contributed by atoms with Crippen LogP contribution in [0.3, 0.4) is 0 Å². The highest BCUT2D eigenvalue weighted by Crippen LogP contribution is 2.33. The minimum absolute atomic E-state index is 0.211. The molecule has 1 aliphatic heterocycles. The molecule has 2 aliphatic rings. The summed E-state index contributed by atoms with van der Waals surface area (Å²) in [5.41, 5.74) is 2.22. The topological polar surface area (TPSA) is 112 Å². The van der Waals surface area contributed by atoms with Gasteiger partial charge in [-0.2, -0.15) is 10.1 Å². The molecule has 4 rings (SSSR count). The average molecular weight is 435 g/mol. The monoisotopic (exact) mass is 434 g/mol. The Bertz CT molecular complexity index is 1020. The van der Waals surface area contributed by atoms with Crippen molar-refractivity contribution in [3.8, 4) is 11.4 Å². The number of benzene rings is 1. The van der Waals surface area contributed by atoms with E-state index in [4.69, 9.17) is 23.8 Å². The number of imide groups is 1. The second kappa shape index (κ2) is 7.60. The van der Waals surface area contributed by atoms with E-state index in [1.165, 1.54) is 4.57 Å². The van der Waals surface area contributed by atoms with Crippen LogP contribution in [0.5, 0.6) is 0 Å². The van der Waals surface area contributed by atoms with Crippen LogP contribution in [0, 0.1) is 4.77 Å². The molecular weight excluding hydrogens is 416 g/mol. The predicted octanol–water partition coefficient (Wildman–Crippen LogP) is 2.55. The van der Waals surface area contributed by atoms with Crippen molar-refractivity contribution in [2.45, 2.75) is 44.2 Å². The van der Waals surface area contributed by atoms with E-state index in [0.717, 1.165) is 24.3 Å². The highest BCUT2D eigenvalue weighted by molar-refractivity contribution is 7.71. The molecule has 29 heavy (non-hydrogen) atoms. The quantitative estimate of drug-likeness (QED) is 0.505. The van der Waals surface area contributed by atoms with Crippen molar-refractivity contribution in [1.82, 2.24) is 30.5 Å². The Morgan fingerprint density at radius 3 is 2.59 bits per heavy atom. The third kappa shape index (κ3) is 3.65. The fourth-order valence-electron chi connectivity index (χ4n) is 3.80. The maximum Gasteiger partial charge on any atom is 0.344 e. The number of nitrogens with zero attached hydrogens (tertiary/aromatic N) is 3. The summed E-state index contributed by atoms with van der Waals surface area (Å²) < 4.78 is 1.73. The highest BCUT2D eigenvalue weighted by atomic mass is 35.5. The fourth-order valence-corrected chi connectivity index (χ4v) is 4.13. The minimum atomic E-state index is -0.900. The van der Waals surface area contributed by atoms with E-state index in [1.807, 2.05) is 0 Å². The molecule has 1 saturated heterocycles. The third-order valence-corrected chi connectivity index (χ3v) is 5.83. The first-order chi connectivity index (χ1) is 13.9. The van der Waals surface area contributed by atoms with Gasteiger partial charge in [0, 0.05) is 10.6 Å². The van der Waals surface area contributed by atoms with Gasteiger partial charge in [0.2, 0.25) is 0 Å². The lowest BCUT2D eigenvalue weighted by atomic mass is 9.82. The summed E-state index contributed by atoms with van der Waals surface area (Å²) in [7, 11) is 0. The number of hydrogen-bond acceptors (Lipinski definition) is 5. The number of aromatic amines is 1. The number of halogens is 1. The van der Waals surface area contributed by atoms with E-state index in [1.54, 1.807) is 24.3 Å². The van der Waals surface area contributed by atoms with Crippen molar-refractivity contribution in [1.29, 1.82) is 0 Å². The standard InChI is InChI=1S/C18H19ClN6O3S/c19-12-6-4-11(5-7-12)14-21-22-17(29)24(14)10-13(26)23-25-15(27)18(20-16(25)28)8-2-1-3-9-18/h4-7H,1-3,8-10H2,(H,20,28)(H,22,29)(H,23,26). The van der Waals surface area contributed by atoms with Crippen molar-refractivity contribution in [2.75, 3.05) is 0 Å². The van der Waals surface area contributed by atoms with E-state index < -0.39 is 23.4 Å². The number of rotatable bonds is 4. The number of urea groups is 1. The first kappa shape index (κ1) is 19.6. The van der Waals surface area contributed by atoms with E-state index in [2.05, 4.69) is 20.9 Å². The molecule has 2 fully saturated rings. The van der Waals surface area contributed by atoms with Crippen molar-refractivity contribution >= 4 is 41.7 Å². The van der Waals surface area contributed by atoms with Gasteiger partial charge >= 0.3 is 6.03 Å². The summed E-state index contributed by atoms with van der Waals surface area (Å²) in [4.78, 5) is 37.7. The Labute approximate surface area is 176 Å². The smallest absolute Gasteiger partial charge is 0.322 e. The molecule has 2 aromatic rings. The molecule has 1 spiro atoms. The zero-order chi connectivity index (χ0) is 20.6. The lowest BCUT2D eigenvalue weighted by molar-refractivity contribution is -0.140. The molecule has 1 aromatic heterocycles. The number of carbonyl (C=O) groups is 3. The number of hydrogen-bond donors (Lipinski definition) is 3. The SMILES string of the molecule is O=C(Cn1c(-c2ccc(Cl)cc2)n[nH]c1=S)NN1C(=O)NC2(CCCCC2)C1=O. The number of hydrazine groups is 1. The fraction of sp³-hybridized carbons (Fsp3) is 0.389. The maximum atomic E-state index is 12.8. The van der Waals surface area contributed by atoms with Crippen molar-refractivity contribution in [3.05, 3.63) is 34.1 Å². The van der Waals surface area contributed by atoms with Crippen molar-refractivity contribution in [3.63, 3.8) is 0 Å². The van der Waals surface area contributed by atoms with Gasteiger partial charge < -0.3 is 5.32 Å². The van der Waals surface area contributed by atoms with Gasteiger partial charge in [0.15, 0.2) is 10.6 Å². The Balaban J connectivity index is 1.50. The van der Waals surface area contributed by atoms with Crippen LogP contribution in [0.25, 0.3) is 11.4 Å². The van der Waals surface area contributed by atoms with Gasteiger partial charge in [-0.1, -0.05) is 30.9 Å². The second-order valence-electron chi connectivity index (χ2n) is 7.19. The van der Waals surface area contributed by atoms with Crippen LogP contribution >= 0.6 is 23.8 Å². The molecule has 0 bridgehead atoms. The second-order valence-corrected chi connectivity index (χ2v) is 8.02. The molecule has 0 unspecified atom stereocenters. The summed E-state index contributed by atoms with van der Waals surface area (Å²) >= 11 is 11.1. The molecule has 9 nitrogen and oxygen atoms in total. The normalized spacial score (nSPS) is 18.2. The number of amides is 4. The molecule has 2 heterocycles. The molecular formula is C18H19ClN6O3S. The highest BCUT2D eigenvalue weighted by Gasteiger charge is 2.52. The molecule has 11 heteroatoms. The Kier molecular flexibility index (Phi) is 5.13. The van der Waals surface area contributed by atoms with Crippen LogP contribution in [0.4, 0.5) is 4.79 Å². The number of nitrogens with one attached hydrogen (secondary N) is 3. The predicted molar refractivity (Wildman–Crippen MR) is 107 cm³/mol. The average Bonchev–Trinajstić information content (AvgIpc) is 3.16. The molecule has 0 atom stereocenters. The van der Waals surface area contributed by atoms with Gasteiger partial charge in [-0.3, -0.25) is 24.7 Å². The first-order valence-electron chi connectivity index (χ1n) is 9.27. The Morgan fingerprint density at radius 2 is 1.90 bits per heavy atom. The summed E-state index contributed by atoms with van der Waals surface area (Å²) in [6.45, 7) is -0.211. The molecule has 0 radical (unpaired) electrons. The molecule has 152 valence electrons. The van der Waals surface area contributed by atoms with Crippen LogP contribution in [0.15, 0.2) is 24.3 Å². The lowest BCUT2D eigenvalue weighted by Gasteiger charge is -2.30. The van der Waals surface area contributed by atoms with Gasteiger partial charge in [-0.15, -0.1) is 0 Å². The number of carbonyl (C=O) groups excluding carboxylic acids is 3. The van der Waals surface area contributed by atoms with Gasteiger partial charge in [-0.25, -0.2) is 4.79 Å². The summed E-state index contributed by atoms with van der Waals surface area (Å²) in [5.74, 6) is -0.527. The van der Waals surface area contributed by atoms with Crippen LogP contribution in [0.2, 0.25) is 5.02 Å². The first-order valence-corrected chi connectivity index (χ1v) is 10.1. The van der Waals surface area contributed by atoms with Gasteiger partial charge in [0.25, 0.3) is 11.8 Å². The molecule has 4 amide bonds. The van der Waals surface area contributed by atoms with E-state index in [9.17, 15) is 14.4 Å². The zero-order valence-electron chi connectivity index (χ0n) is 15.4. The van der Waals surface area contributed by atoms with E-state index in [-0.39, 0.29) is 11.3 Å². The molecule has 3 N–H and O–H groups in total. The molecule has 1 aliphatic carbocycles. The van der Waals surface area contributed by atoms with Crippen molar-refractivity contribution < 1.29 is 14.4 Å². The third-order valence-electron chi connectivity index (χ3n) is 5.27. The minimum Gasteiger partial charge on any atom is -0.322 e. The zero-order valence-corrected chi connectivity index (χ0v) is 17.0. The van der Waals surface area contributed by atoms with Gasteiger partial charge in [-0.05, 0) is 49.3 Å². The van der Waals surface area contributed by atoms with E-state index in [0.29, 0.717) is 29.3 Å². The Morgan fingerprint density at radius 1 is 1.21 bits per heavy atom. The summed E-state index contributed by atoms with van der Waals surface area (Å²) in [6, 6.07) is 6.31. The van der Waals surface area contributed by atoms with Gasteiger partial charge in [0.05, 0.1) is 0 Å². The largest absolute Gasteiger partial charge is 0.344 e. The summed E-state index contributed by atoms with van der Waals surface area (Å²) in [5, 5.41) is 10.9. The Hall–Kier alpha value is -2.72. The van der Waals surface area contributed by atoms with Gasteiger partial charge in [0.1, 0.15) is 12.1 Å². The van der Waals surface area contributed by atoms with Crippen LogP contribution < -0.4 is 10.7 Å². The lowest BCUT2D eigenvalue weighted by Crippen LogP contribution is -2.51. The van der Waals surface area contributed by atoms with Crippen molar-refractivity contribution in [2.24, 2.45) is 0 Å². The molecule has 1 aromatic carbocycles. The maximum absolute atomic E-state index is 12.8.